The lowest BCUT2D eigenvalue weighted by Gasteiger charge is -1.96. The van der Waals surface area contributed by atoms with E-state index < -0.39 is 0 Å². The Morgan fingerprint density at radius 3 is 2.50 bits per heavy atom. The summed E-state index contributed by atoms with van der Waals surface area (Å²) in [5.74, 6) is 0.867. The molecule has 3 nitrogen and oxygen atoms in total. The first-order chi connectivity index (χ1) is 6.61. The minimum Gasteiger partial charge on any atom is -0.460 e. The normalized spacial score (nSPS) is 12.1. The summed E-state index contributed by atoms with van der Waals surface area (Å²) in [6.07, 6.45) is 1.83. The number of aromatic nitrogens is 2. The van der Waals surface area contributed by atoms with Crippen LogP contribution in [0, 0.1) is 0 Å². The summed E-state index contributed by atoms with van der Waals surface area (Å²) in [5.41, 5.74) is 4.21. The molecule has 0 amide bonds. The standard InChI is InChI=1S/C11H16N2O/c1-6(2)8-5-14-11-9(7(3)4)12-13-10(8)11/h5-7H,1-4H3,(H,12,13). The summed E-state index contributed by atoms with van der Waals surface area (Å²) in [7, 11) is 0. The topological polar surface area (TPSA) is 41.8 Å². The summed E-state index contributed by atoms with van der Waals surface area (Å²) in [6, 6.07) is 0. The van der Waals surface area contributed by atoms with Crippen molar-refractivity contribution in [3.05, 3.63) is 17.5 Å². The van der Waals surface area contributed by atoms with Gasteiger partial charge in [-0.3, -0.25) is 5.10 Å². The number of aromatic amines is 1. The fourth-order valence-electron chi connectivity index (χ4n) is 1.66. The van der Waals surface area contributed by atoms with Crippen molar-refractivity contribution in [3.8, 4) is 0 Å². The zero-order chi connectivity index (χ0) is 10.3. The highest BCUT2D eigenvalue weighted by Crippen LogP contribution is 2.30. The minimum absolute atomic E-state index is 0.398. The fraction of sp³-hybridized carbons (Fsp3) is 0.545. The number of furan rings is 1. The van der Waals surface area contributed by atoms with Crippen LogP contribution in [0.3, 0.4) is 0 Å². The molecule has 0 saturated carbocycles. The van der Waals surface area contributed by atoms with Crippen molar-refractivity contribution in [3.63, 3.8) is 0 Å². The SMILES string of the molecule is CC(C)c1coc2c(C(C)C)n[nH]c12. The second kappa shape index (κ2) is 3.15. The van der Waals surface area contributed by atoms with Crippen molar-refractivity contribution in [1.82, 2.24) is 10.2 Å². The maximum atomic E-state index is 5.55. The molecule has 0 aliphatic carbocycles. The molecule has 3 heteroatoms. The highest BCUT2D eigenvalue weighted by Gasteiger charge is 2.17. The van der Waals surface area contributed by atoms with Crippen molar-refractivity contribution in [2.45, 2.75) is 39.5 Å². The lowest BCUT2D eigenvalue weighted by Crippen LogP contribution is -1.86. The molecule has 2 rings (SSSR count). The molecule has 1 N–H and O–H groups in total. The molecule has 0 unspecified atom stereocenters. The van der Waals surface area contributed by atoms with Gasteiger partial charge in [-0.05, 0) is 5.92 Å². The monoisotopic (exact) mass is 192 g/mol. The predicted octanol–water partition coefficient (Wildman–Crippen LogP) is 3.40. The summed E-state index contributed by atoms with van der Waals surface area (Å²) in [6.45, 7) is 8.54. The summed E-state index contributed by atoms with van der Waals surface area (Å²) < 4.78 is 5.55. The van der Waals surface area contributed by atoms with Gasteiger partial charge in [-0.15, -0.1) is 0 Å². The molecule has 2 aromatic rings. The van der Waals surface area contributed by atoms with Gasteiger partial charge in [0.05, 0.1) is 6.26 Å². The van der Waals surface area contributed by atoms with E-state index in [1.165, 1.54) is 5.56 Å². The molecule has 0 aromatic carbocycles. The van der Waals surface area contributed by atoms with Gasteiger partial charge in [0.2, 0.25) is 0 Å². The molecule has 14 heavy (non-hydrogen) atoms. The van der Waals surface area contributed by atoms with Crippen LogP contribution in [0.25, 0.3) is 11.1 Å². The van der Waals surface area contributed by atoms with Crippen LogP contribution in [0.15, 0.2) is 10.7 Å². The minimum atomic E-state index is 0.398. The maximum absolute atomic E-state index is 5.55. The lowest BCUT2D eigenvalue weighted by atomic mass is 10.1. The predicted molar refractivity (Wildman–Crippen MR) is 56.5 cm³/mol. The quantitative estimate of drug-likeness (QED) is 0.792. The Morgan fingerprint density at radius 1 is 1.21 bits per heavy atom. The molecule has 2 aromatic heterocycles. The van der Waals surface area contributed by atoms with Crippen molar-refractivity contribution < 1.29 is 4.42 Å². The average molecular weight is 192 g/mol. The molecule has 0 fully saturated rings. The highest BCUT2D eigenvalue weighted by atomic mass is 16.3. The van der Waals surface area contributed by atoms with E-state index in [1.807, 2.05) is 6.26 Å². The van der Waals surface area contributed by atoms with Crippen LogP contribution in [-0.4, -0.2) is 10.2 Å². The van der Waals surface area contributed by atoms with Gasteiger partial charge in [0.25, 0.3) is 0 Å². The number of fused-ring (bicyclic) bond motifs is 1. The van der Waals surface area contributed by atoms with Gasteiger partial charge in [0.1, 0.15) is 11.2 Å². The lowest BCUT2D eigenvalue weighted by molar-refractivity contribution is 0.595. The number of H-pyrrole nitrogens is 1. The molecule has 0 bridgehead atoms. The Hall–Kier alpha value is -1.25. The summed E-state index contributed by atoms with van der Waals surface area (Å²) >= 11 is 0. The van der Waals surface area contributed by atoms with E-state index >= 15 is 0 Å². The average Bonchev–Trinajstić information content (AvgIpc) is 2.59. The highest BCUT2D eigenvalue weighted by molar-refractivity contribution is 5.79. The molecular formula is C11H16N2O. The second-order valence-corrected chi connectivity index (χ2v) is 4.31. The Labute approximate surface area is 83.5 Å². The zero-order valence-corrected chi connectivity index (χ0v) is 9.09. The first-order valence-electron chi connectivity index (χ1n) is 5.06. The fourth-order valence-corrected chi connectivity index (χ4v) is 1.66. The Bertz CT molecular complexity index is 395. The van der Waals surface area contributed by atoms with Crippen LogP contribution in [0.5, 0.6) is 0 Å². The van der Waals surface area contributed by atoms with Crippen molar-refractivity contribution in [1.29, 1.82) is 0 Å². The number of nitrogens with zero attached hydrogens (tertiary/aromatic N) is 1. The number of hydrogen-bond donors (Lipinski definition) is 1. The molecule has 0 radical (unpaired) electrons. The van der Waals surface area contributed by atoms with Crippen LogP contribution >= 0.6 is 0 Å². The van der Waals surface area contributed by atoms with Crippen LogP contribution in [0.2, 0.25) is 0 Å². The zero-order valence-electron chi connectivity index (χ0n) is 9.09. The Kier molecular flexibility index (Phi) is 2.10. The molecule has 0 saturated heterocycles. The van der Waals surface area contributed by atoms with E-state index in [-0.39, 0.29) is 0 Å². The number of rotatable bonds is 2. The third kappa shape index (κ3) is 1.24. The van der Waals surface area contributed by atoms with Crippen LogP contribution in [0.1, 0.15) is 50.8 Å². The smallest absolute Gasteiger partial charge is 0.175 e. The van der Waals surface area contributed by atoms with E-state index in [9.17, 15) is 0 Å². The molecular weight excluding hydrogens is 176 g/mol. The van der Waals surface area contributed by atoms with Gasteiger partial charge >= 0.3 is 0 Å². The van der Waals surface area contributed by atoms with Gasteiger partial charge < -0.3 is 4.42 Å². The van der Waals surface area contributed by atoms with E-state index in [4.69, 9.17) is 4.42 Å². The second-order valence-electron chi connectivity index (χ2n) is 4.31. The van der Waals surface area contributed by atoms with Gasteiger partial charge in [-0.25, -0.2) is 0 Å². The maximum Gasteiger partial charge on any atom is 0.175 e. The van der Waals surface area contributed by atoms with Crippen molar-refractivity contribution >= 4 is 11.1 Å². The summed E-state index contributed by atoms with van der Waals surface area (Å²) in [4.78, 5) is 0. The van der Waals surface area contributed by atoms with E-state index in [0.717, 1.165) is 16.8 Å². The first kappa shape index (κ1) is 9.31. The molecule has 76 valence electrons. The molecule has 0 aliphatic heterocycles. The van der Waals surface area contributed by atoms with Crippen molar-refractivity contribution in [2.24, 2.45) is 0 Å². The molecule has 0 aliphatic rings. The molecule has 2 heterocycles. The van der Waals surface area contributed by atoms with Gasteiger partial charge in [0.15, 0.2) is 5.58 Å². The molecule has 0 atom stereocenters. The van der Waals surface area contributed by atoms with Gasteiger partial charge in [0, 0.05) is 11.5 Å². The third-order valence-corrected chi connectivity index (χ3v) is 2.51. The van der Waals surface area contributed by atoms with Gasteiger partial charge in [-0.2, -0.15) is 5.10 Å². The van der Waals surface area contributed by atoms with Gasteiger partial charge in [-0.1, -0.05) is 27.7 Å². The van der Waals surface area contributed by atoms with Crippen molar-refractivity contribution in [2.75, 3.05) is 0 Å². The van der Waals surface area contributed by atoms with E-state index in [2.05, 4.69) is 37.9 Å². The Morgan fingerprint density at radius 2 is 1.93 bits per heavy atom. The Balaban J connectivity index is 2.61. The summed E-state index contributed by atoms with van der Waals surface area (Å²) in [5, 5.41) is 7.33. The van der Waals surface area contributed by atoms with E-state index in [1.54, 1.807) is 0 Å². The van der Waals surface area contributed by atoms with Crippen LogP contribution in [0.4, 0.5) is 0 Å². The number of hydrogen-bond acceptors (Lipinski definition) is 2. The first-order valence-corrected chi connectivity index (χ1v) is 5.06. The van der Waals surface area contributed by atoms with Crippen LogP contribution in [-0.2, 0) is 0 Å². The van der Waals surface area contributed by atoms with E-state index in [0.29, 0.717) is 11.8 Å². The molecule has 0 spiro atoms. The van der Waals surface area contributed by atoms with Crippen LogP contribution < -0.4 is 0 Å². The third-order valence-electron chi connectivity index (χ3n) is 2.51. The largest absolute Gasteiger partial charge is 0.460 e. The number of nitrogens with one attached hydrogen (secondary N) is 1.